The number of aryl methyl sites for hydroxylation is 1. The van der Waals surface area contributed by atoms with E-state index in [1.54, 1.807) is 11.6 Å². The third-order valence-electron chi connectivity index (χ3n) is 5.10. The topological polar surface area (TPSA) is 109 Å². The van der Waals surface area contributed by atoms with Gasteiger partial charge in [-0.25, -0.2) is 4.79 Å². The summed E-state index contributed by atoms with van der Waals surface area (Å²) >= 11 is 0. The fraction of sp³-hybridized carbons (Fsp3) is 0.722. The van der Waals surface area contributed by atoms with E-state index in [0.717, 1.165) is 32.7 Å². The molecule has 0 amide bonds. The molecule has 3 rings (SSSR count). The number of imidazole rings is 1. The summed E-state index contributed by atoms with van der Waals surface area (Å²) in [5.41, 5.74) is -0.397. The number of rotatable bonds is 7. The van der Waals surface area contributed by atoms with Crippen LogP contribution in [-0.2, 0) is 18.3 Å². The zero-order valence-corrected chi connectivity index (χ0v) is 17.0. The van der Waals surface area contributed by atoms with Gasteiger partial charge < -0.3 is 24.2 Å². The number of aromatic amines is 1. The van der Waals surface area contributed by atoms with E-state index in [1.165, 1.54) is 4.57 Å². The second kappa shape index (κ2) is 8.46. The van der Waals surface area contributed by atoms with Crippen LogP contribution in [0.1, 0.15) is 20.8 Å². The van der Waals surface area contributed by atoms with Crippen molar-refractivity contribution in [3.63, 3.8) is 0 Å². The lowest BCUT2D eigenvalue weighted by molar-refractivity contribution is -0.000198. The van der Waals surface area contributed by atoms with E-state index in [-0.39, 0.29) is 19.3 Å². The average molecular weight is 394 g/mol. The van der Waals surface area contributed by atoms with E-state index in [2.05, 4.69) is 26.7 Å². The number of piperazine rings is 1. The van der Waals surface area contributed by atoms with Crippen molar-refractivity contribution < 1.29 is 9.84 Å². The summed E-state index contributed by atoms with van der Waals surface area (Å²) in [6.07, 6.45) is -0.799. The molecule has 0 radical (unpaired) electrons. The number of aliphatic hydroxyl groups is 1. The minimum Gasteiger partial charge on any atom is -0.389 e. The van der Waals surface area contributed by atoms with Crippen LogP contribution in [0.25, 0.3) is 11.2 Å². The first-order valence-corrected chi connectivity index (χ1v) is 9.78. The molecule has 10 nitrogen and oxygen atoms in total. The van der Waals surface area contributed by atoms with Crippen molar-refractivity contribution >= 4 is 17.1 Å². The Labute approximate surface area is 163 Å². The number of nitrogens with one attached hydrogen (secondary N) is 1. The van der Waals surface area contributed by atoms with E-state index < -0.39 is 17.4 Å². The van der Waals surface area contributed by atoms with Crippen molar-refractivity contribution in [1.82, 2.24) is 24.0 Å². The summed E-state index contributed by atoms with van der Waals surface area (Å²) < 4.78 is 8.55. The maximum atomic E-state index is 12.5. The third kappa shape index (κ3) is 4.13. The molecule has 1 saturated heterocycles. The molecule has 0 saturated carbocycles. The van der Waals surface area contributed by atoms with Crippen LogP contribution in [0.5, 0.6) is 0 Å². The summed E-state index contributed by atoms with van der Waals surface area (Å²) in [5, 5.41) is 10.5. The molecule has 156 valence electrons. The first-order valence-electron chi connectivity index (χ1n) is 9.78. The Morgan fingerprint density at radius 1 is 1.21 bits per heavy atom. The minimum atomic E-state index is -0.799. The van der Waals surface area contributed by atoms with Crippen LogP contribution in [0.2, 0.25) is 0 Å². The van der Waals surface area contributed by atoms with Crippen LogP contribution in [0.4, 0.5) is 5.95 Å². The average Bonchev–Trinajstić information content (AvgIpc) is 3.04. The third-order valence-corrected chi connectivity index (χ3v) is 5.10. The number of aromatic nitrogens is 4. The van der Waals surface area contributed by atoms with Crippen molar-refractivity contribution in [1.29, 1.82) is 0 Å². The van der Waals surface area contributed by atoms with E-state index >= 15 is 0 Å². The number of anilines is 1. The molecule has 0 bridgehead atoms. The molecule has 28 heavy (non-hydrogen) atoms. The number of hydrogen-bond donors (Lipinski definition) is 2. The summed E-state index contributed by atoms with van der Waals surface area (Å²) in [6, 6.07) is 0. The van der Waals surface area contributed by atoms with Gasteiger partial charge in [-0.05, 0) is 20.4 Å². The largest absolute Gasteiger partial charge is 0.389 e. The van der Waals surface area contributed by atoms with Gasteiger partial charge in [0.2, 0.25) is 5.95 Å². The maximum absolute atomic E-state index is 12.5. The van der Waals surface area contributed by atoms with Crippen LogP contribution < -0.4 is 16.1 Å². The van der Waals surface area contributed by atoms with Crippen molar-refractivity contribution in [2.24, 2.45) is 7.05 Å². The molecule has 1 aliphatic rings. The molecule has 10 heteroatoms. The fourth-order valence-electron chi connectivity index (χ4n) is 3.47. The van der Waals surface area contributed by atoms with E-state index in [0.29, 0.717) is 17.1 Å². The monoisotopic (exact) mass is 394 g/mol. The summed E-state index contributed by atoms with van der Waals surface area (Å²) in [6.45, 7) is 10.6. The molecular formula is C18H30N6O4. The number of H-pyrrole nitrogens is 1. The minimum absolute atomic E-state index is 0.00000241. The Hall–Kier alpha value is -2.17. The van der Waals surface area contributed by atoms with Crippen molar-refractivity contribution in [2.45, 2.75) is 39.5 Å². The van der Waals surface area contributed by atoms with Crippen LogP contribution >= 0.6 is 0 Å². The lowest BCUT2D eigenvalue weighted by Gasteiger charge is -2.35. The Kier molecular flexibility index (Phi) is 6.21. The fourth-order valence-corrected chi connectivity index (χ4v) is 3.47. The van der Waals surface area contributed by atoms with Gasteiger partial charge in [0.1, 0.15) is 0 Å². The van der Waals surface area contributed by atoms with Gasteiger partial charge in [0.05, 0.1) is 25.4 Å². The standard InChI is InChI=1S/C18H30N6O4/c1-5-22-6-8-23(9-7-22)17-19-15-14(16(26)20-18(27)21(15)4)24(17)10-13(25)11-28-12(2)3/h12-13,25H,5-11H2,1-4H3,(H,20,26,27)/t13-/m0/s1. The second-order valence-electron chi connectivity index (χ2n) is 7.47. The summed E-state index contributed by atoms with van der Waals surface area (Å²) in [5.74, 6) is 0.598. The normalized spacial score (nSPS) is 17.0. The van der Waals surface area contributed by atoms with Gasteiger partial charge in [0.25, 0.3) is 5.56 Å². The van der Waals surface area contributed by atoms with Gasteiger partial charge in [-0.1, -0.05) is 6.92 Å². The smallest absolute Gasteiger partial charge is 0.329 e. The van der Waals surface area contributed by atoms with Crippen molar-refractivity contribution in [2.75, 3.05) is 44.2 Å². The highest BCUT2D eigenvalue weighted by Crippen LogP contribution is 2.21. The Morgan fingerprint density at radius 2 is 1.89 bits per heavy atom. The van der Waals surface area contributed by atoms with Gasteiger partial charge >= 0.3 is 5.69 Å². The first-order chi connectivity index (χ1) is 13.3. The van der Waals surface area contributed by atoms with Gasteiger partial charge in [-0.15, -0.1) is 0 Å². The van der Waals surface area contributed by atoms with E-state index in [4.69, 9.17) is 4.74 Å². The van der Waals surface area contributed by atoms with Crippen molar-refractivity contribution in [3.8, 4) is 0 Å². The van der Waals surface area contributed by atoms with Gasteiger partial charge in [0.15, 0.2) is 11.2 Å². The quantitative estimate of drug-likeness (QED) is 0.642. The molecule has 0 aliphatic carbocycles. The number of aliphatic hydroxyl groups excluding tert-OH is 1. The molecule has 2 aromatic rings. The number of nitrogens with zero attached hydrogens (tertiary/aromatic N) is 5. The highest BCUT2D eigenvalue weighted by atomic mass is 16.5. The lowest BCUT2D eigenvalue weighted by Crippen LogP contribution is -2.47. The molecule has 0 spiro atoms. The molecule has 0 unspecified atom stereocenters. The SMILES string of the molecule is CCN1CCN(c2nc3c(c(=O)[nH]c(=O)n3C)n2C[C@H](O)COC(C)C)CC1. The van der Waals surface area contributed by atoms with E-state index in [1.807, 2.05) is 13.8 Å². The Morgan fingerprint density at radius 3 is 2.50 bits per heavy atom. The van der Waals surface area contributed by atoms with Crippen LogP contribution in [0.15, 0.2) is 9.59 Å². The van der Waals surface area contributed by atoms with Gasteiger partial charge in [-0.3, -0.25) is 14.3 Å². The zero-order valence-electron chi connectivity index (χ0n) is 17.0. The molecule has 2 aromatic heterocycles. The maximum Gasteiger partial charge on any atom is 0.329 e. The highest BCUT2D eigenvalue weighted by Gasteiger charge is 2.25. The van der Waals surface area contributed by atoms with Crippen LogP contribution in [0.3, 0.4) is 0 Å². The second-order valence-corrected chi connectivity index (χ2v) is 7.47. The first kappa shape index (κ1) is 20.6. The lowest BCUT2D eigenvalue weighted by atomic mass is 10.3. The predicted molar refractivity (Wildman–Crippen MR) is 107 cm³/mol. The highest BCUT2D eigenvalue weighted by molar-refractivity contribution is 5.74. The molecule has 1 fully saturated rings. The number of fused-ring (bicyclic) bond motifs is 1. The van der Waals surface area contributed by atoms with Crippen LogP contribution in [0, 0.1) is 0 Å². The summed E-state index contributed by atoms with van der Waals surface area (Å²) in [4.78, 5) is 35.9. The molecule has 2 N–H and O–H groups in total. The van der Waals surface area contributed by atoms with Crippen molar-refractivity contribution in [3.05, 3.63) is 20.8 Å². The number of likely N-dealkylation sites (N-methyl/N-ethyl adjacent to an activating group) is 1. The van der Waals surface area contributed by atoms with Gasteiger partial charge in [0, 0.05) is 33.2 Å². The van der Waals surface area contributed by atoms with Gasteiger partial charge in [-0.2, -0.15) is 4.98 Å². The Bertz CT molecular complexity index is 923. The predicted octanol–water partition coefficient (Wildman–Crippen LogP) is -0.649. The van der Waals surface area contributed by atoms with E-state index in [9.17, 15) is 14.7 Å². The molecule has 1 atom stereocenters. The van der Waals surface area contributed by atoms with Crippen LogP contribution in [-0.4, -0.2) is 80.6 Å². The zero-order chi connectivity index (χ0) is 20.4. The summed E-state index contributed by atoms with van der Waals surface area (Å²) in [7, 11) is 1.58. The Balaban J connectivity index is 2.01. The molecule has 1 aliphatic heterocycles. The number of ether oxygens (including phenoxy) is 1. The number of hydrogen-bond acceptors (Lipinski definition) is 7. The molecule has 0 aromatic carbocycles. The molecule has 3 heterocycles. The molecular weight excluding hydrogens is 364 g/mol.